The molecule has 1 fully saturated rings. The molecule has 2 aromatic carbocycles. The highest BCUT2D eigenvalue weighted by molar-refractivity contribution is 5.83. The van der Waals surface area contributed by atoms with Crippen molar-refractivity contribution in [1.82, 2.24) is 5.32 Å². The van der Waals surface area contributed by atoms with Gasteiger partial charge in [-0.3, -0.25) is 4.79 Å². The number of amides is 1. The molecule has 0 bridgehead atoms. The number of carbonyl (C=O) groups is 1. The summed E-state index contributed by atoms with van der Waals surface area (Å²) >= 11 is 0. The van der Waals surface area contributed by atoms with Crippen LogP contribution in [-0.4, -0.2) is 19.1 Å². The third kappa shape index (κ3) is 3.58. The zero-order chi connectivity index (χ0) is 15.4. The van der Waals surface area contributed by atoms with E-state index in [2.05, 4.69) is 5.32 Å². The normalized spacial score (nSPS) is 15.0. The van der Waals surface area contributed by atoms with E-state index in [1.165, 1.54) is 0 Å². The van der Waals surface area contributed by atoms with E-state index in [-0.39, 0.29) is 5.91 Å². The molecular formula is C18H19NO3. The van der Waals surface area contributed by atoms with E-state index in [0.29, 0.717) is 11.8 Å². The van der Waals surface area contributed by atoms with Crippen molar-refractivity contribution in [1.29, 1.82) is 0 Å². The van der Waals surface area contributed by atoms with Gasteiger partial charge in [0.25, 0.3) is 5.91 Å². The minimum absolute atomic E-state index is 0.0930. The summed E-state index contributed by atoms with van der Waals surface area (Å²) in [6, 6.07) is 17.1. The van der Waals surface area contributed by atoms with Crippen LogP contribution in [0.15, 0.2) is 54.6 Å². The first-order valence-electron chi connectivity index (χ1n) is 7.42. The Hall–Kier alpha value is -2.49. The van der Waals surface area contributed by atoms with Gasteiger partial charge in [-0.1, -0.05) is 30.3 Å². The standard InChI is InChI=1S/C18H19NO3/c1-21-15-9-11-16(12-10-15)22-17(13-5-3-2-4-6-13)18(20)19-14-7-8-14/h2-6,9-12,14,17H,7-8H2,1H3,(H,19,20)/t17-/m0/s1. The van der Waals surface area contributed by atoms with E-state index >= 15 is 0 Å². The molecule has 2 aromatic rings. The Kier molecular flexibility index (Phi) is 4.28. The fourth-order valence-corrected chi connectivity index (χ4v) is 2.20. The Morgan fingerprint density at radius 2 is 1.68 bits per heavy atom. The van der Waals surface area contributed by atoms with Gasteiger partial charge in [-0.25, -0.2) is 0 Å². The van der Waals surface area contributed by atoms with Gasteiger partial charge in [-0.15, -0.1) is 0 Å². The first kappa shape index (κ1) is 14.4. The largest absolute Gasteiger partial charge is 0.497 e. The maximum absolute atomic E-state index is 12.5. The van der Waals surface area contributed by atoms with Gasteiger partial charge in [0.15, 0.2) is 0 Å². The number of rotatable bonds is 6. The van der Waals surface area contributed by atoms with Crippen LogP contribution < -0.4 is 14.8 Å². The van der Waals surface area contributed by atoms with Crippen molar-refractivity contribution >= 4 is 5.91 Å². The van der Waals surface area contributed by atoms with Crippen LogP contribution in [0.5, 0.6) is 11.5 Å². The number of hydrogen-bond donors (Lipinski definition) is 1. The van der Waals surface area contributed by atoms with Crippen molar-refractivity contribution in [2.24, 2.45) is 0 Å². The Labute approximate surface area is 130 Å². The van der Waals surface area contributed by atoms with Crippen molar-refractivity contribution in [3.63, 3.8) is 0 Å². The van der Waals surface area contributed by atoms with Gasteiger partial charge in [0.1, 0.15) is 11.5 Å². The van der Waals surface area contributed by atoms with Gasteiger partial charge in [-0.05, 0) is 37.1 Å². The second-order valence-electron chi connectivity index (χ2n) is 5.37. The van der Waals surface area contributed by atoms with Crippen LogP contribution in [0.2, 0.25) is 0 Å². The van der Waals surface area contributed by atoms with Crippen LogP contribution >= 0.6 is 0 Å². The van der Waals surface area contributed by atoms with E-state index in [0.717, 1.165) is 24.2 Å². The maximum Gasteiger partial charge on any atom is 0.266 e. The average molecular weight is 297 g/mol. The molecule has 4 heteroatoms. The molecule has 1 atom stereocenters. The zero-order valence-corrected chi connectivity index (χ0v) is 12.5. The van der Waals surface area contributed by atoms with Crippen LogP contribution in [0.25, 0.3) is 0 Å². The fraction of sp³-hybridized carbons (Fsp3) is 0.278. The molecule has 22 heavy (non-hydrogen) atoms. The van der Waals surface area contributed by atoms with Gasteiger partial charge in [-0.2, -0.15) is 0 Å². The minimum Gasteiger partial charge on any atom is -0.497 e. The molecule has 3 rings (SSSR count). The number of hydrogen-bond acceptors (Lipinski definition) is 3. The molecule has 0 spiro atoms. The van der Waals surface area contributed by atoms with Gasteiger partial charge in [0.2, 0.25) is 6.10 Å². The summed E-state index contributed by atoms with van der Waals surface area (Å²) in [5.74, 6) is 1.30. The Balaban J connectivity index is 1.79. The number of carbonyl (C=O) groups excluding carboxylic acids is 1. The second kappa shape index (κ2) is 6.52. The Morgan fingerprint density at radius 3 is 2.27 bits per heavy atom. The smallest absolute Gasteiger partial charge is 0.266 e. The molecule has 0 unspecified atom stereocenters. The molecule has 0 heterocycles. The summed E-state index contributed by atoms with van der Waals surface area (Å²) in [6.07, 6.45) is 1.46. The predicted molar refractivity (Wildman–Crippen MR) is 84.0 cm³/mol. The molecular weight excluding hydrogens is 278 g/mol. The summed E-state index contributed by atoms with van der Waals surface area (Å²) in [5, 5.41) is 3.01. The summed E-state index contributed by atoms with van der Waals surface area (Å²) in [7, 11) is 1.62. The zero-order valence-electron chi connectivity index (χ0n) is 12.5. The highest BCUT2D eigenvalue weighted by Gasteiger charge is 2.29. The molecule has 0 aliphatic heterocycles. The molecule has 1 saturated carbocycles. The molecule has 0 aromatic heterocycles. The van der Waals surface area contributed by atoms with Crippen LogP contribution in [0.1, 0.15) is 24.5 Å². The molecule has 114 valence electrons. The Morgan fingerprint density at radius 1 is 1.05 bits per heavy atom. The van der Waals surface area contributed by atoms with E-state index in [1.54, 1.807) is 19.2 Å². The summed E-state index contributed by atoms with van der Waals surface area (Å²) in [4.78, 5) is 12.5. The van der Waals surface area contributed by atoms with E-state index < -0.39 is 6.10 Å². The lowest BCUT2D eigenvalue weighted by Gasteiger charge is -2.19. The van der Waals surface area contributed by atoms with Crippen LogP contribution in [0, 0.1) is 0 Å². The molecule has 4 nitrogen and oxygen atoms in total. The second-order valence-corrected chi connectivity index (χ2v) is 5.37. The number of benzene rings is 2. The van der Waals surface area contributed by atoms with E-state index in [1.807, 2.05) is 42.5 Å². The first-order chi connectivity index (χ1) is 10.8. The highest BCUT2D eigenvalue weighted by Crippen LogP contribution is 2.26. The van der Waals surface area contributed by atoms with Gasteiger partial charge in [0, 0.05) is 11.6 Å². The predicted octanol–water partition coefficient (Wildman–Crippen LogP) is 3.09. The van der Waals surface area contributed by atoms with Crippen molar-refractivity contribution in [3.05, 3.63) is 60.2 Å². The van der Waals surface area contributed by atoms with Crippen LogP contribution in [0.3, 0.4) is 0 Å². The molecule has 1 aliphatic carbocycles. The van der Waals surface area contributed by atoms with Gasteiger partial charge >= 0.3 is 0 Å². The SMILES string of the molecule is COc1ccc(O[C@H](C(=O)NC2CC2)c2ccccc2)cc1. The fourth-order valence-electron chi connectivity index (χ4n) is 2.20. The van der Waals surface area contributed by atoms with Crippen molar-refractivity contribution in [3.8, 4) is 11.5 Å². The third-order valence-corrected chi connectivity index (χ3v) is 3.58. The lowest BCUT2D eigenvalue weighted by molar-refractivity contribution is -0.128. The first-order valence-corrected chi connectivity index (χ1v) is 7.42. The lowest BCUT2D eigenvalue weighted by Crippen LogP contribution is -2.33. The van der Waals surface area contributed by atoms with Crippen molar-refractivity contribution in [2.75, 3.05) is 7.11 Å². The van der Waals surface area contributed by atoms with Crippen LogP contribution in [-0.2, 0) is 4.79 Å². The lowest BCUT2D eigenvalue weighted by atomic mass is 10.1. The molecule has 0 radical (unpaired) electrons. The van der Waals surface area contributed by atoms with Gasteiger partial charge < -0.3 is 14.8 Å². The summed E-state index contributed by atoms with van der Waals surface area (Å²) < 4.78 is 11.1. The Bertz CT molecular complexity index is 621. The average Bonchev–Trinajstić information content (AvgIpc) is 3.38. The third-order valence-electron chi connectivity index (χ3n) is 3.58. The monoisotopic (exact) mass is 297 g/mol. The topological polar surface area (TPSA) is 47.6 Å². The number of nitrogens with one attached hydrogen (secondary N) is 1. The van der Waals surface area contributed by atoms with Crippen molar-refractivity contribution in [2.45, 2.75) is 25.0 Å². The van der Waals surface area contributed by atoms with E-state index in [4.69, 9.17) is 9.47 Å². The summed E-state index contributed by atoms with van der Waals surface area (Å²) in [5.41, 5.74) is 0.844. The number of methoxy groups -OCH3 is 1. The van der Waals surface area contributed by atoms with Gasteiger partial charge in [0.05, 0.1) is 7.11 Å². The highest BCUT2D eigenvalue weighted by atomic mass is 16.5. The van der Waals surface area contributed by atoms with Crippen molar-refractivity contribution < 1.29 is 14.3 Å². The van der Waals surface area contributed by atoms with E-state index in [9.17, 15) is 4.79 Å². The molecule has 1 N–H and O–H groups in total. The quantitative estimate of drug-likeness (QED) is 0.891. The minimum atomic E-state index is -0.643. The molecule has 1 amide bonds. The number of ether oxygens (including phenoxy) is 2. The van der Waals surface area contributed by atoms with Crippen LogP contribution in [0.4, 0.5) is 0 Å². The summed E-state index contributed by atoms with van der Waals surface area (Å²) in [6.45, 7) is 0. The molecule has 0 saturated heterocycles. The molecule has 1 aliphatic rings. The maximum atomic E-state index is 12.5.